The van der Waals surface area contributed by atoms with Crippen LogP contribution in [0, 0.1) is 0 Å². The Labute approximate surface area is 137 Å². The van der Waals surface area contributed by atoms with Crippen LogP contribution in [0.4, 0.5) is 0 Å². The van der Waals surface area contributed by atoms with Crippen LogP contribution in [0.3, 0.4) is 0 Å². The second-order valence-corrected chi connectivity index (χ2v) is 5.53. The molecular weight excluding hydrogens is 290 g/mol. The van der Waals surface area contributed by atoms with Gasteiger partial charge in [-0.1, -0.05) is 42.5 Å². The molecule has 0 fully saturated rings. The SMILES string of the molecule is CC(NCc1cccc(OCCCc2ccccc2)c1)C(=O)O. The number of nitrogens with one attached hydrogen (secondary N) is 1. The van der Waals surface area contributed by atoms with Crippen molar-refractivity contribution in [1.29, 1.82) is 0 Å². The Morgan fingerprint density at radius 1 is 1.13 bits per heavy atom. The molecule has 122 valence electrons. The molecule has 2 N–H and O–H groups in total. The number of hydrogen-bond donors (Lipinski definition) is 2. The Kier molecular flexibility index (Phi) is 6.63. The molecule has 23 heavy (non-hydrogen) atoms. The van der Waals surface area contributed by atoms with Crippen molar-refractivity contribution in [1.82, 2.24) is 5.32 Å². The molecule has 0 aliphatic carbocycles. The average molecular weight is 313 g/mol. The summed E-state index contributed by atoms with van der Waals surface area (Å²) in [7, 11) is 0. The van der Waals surface area contributed by atoms with Gasteiger partial charge in [0.15, 0.2) is 0 Å². The molecule has 2 rings (SSSR count). The maximum atomic E-state index is 10.8. The zero-order chi connectivity index (χ0) is 16.5. The van der Waals surface area contributed by atoms with Gasteiger partial charge in [0, 0.05) is 6.54 Å². The molecule has 4 heteroatoms. The minimum atomic E-state index is -0.849. The molecule has 0 spiro atoms. The first-order chi connectivity index (χ1) is 11.1. The largest absolute Gasteiger partial charge is 0.494 e. The molecule has 2 aromatic rings. The van der Waals surface area contributed by atoms with Crippen LogP contribution in [-0.4, -0.2) is 23.7 Å². The van der Waals surface area contributed by atoms with Gasteiger partial charge in [-0.25, -0.2) is 0 Å². The van der Waals surface area contributed by atoms with Gasteiger partial charge < -0.3 is 15.2 Å². The lowest BCUT2D eigenvalue weighted by atomic mass is 10.1. The van der Waals surface area contributed by atoms with Crippen LogP contribution in [0.1, 0.15) is 24.5 Å². The third-order valence-corrected chi connectivity index (χ3v) is 3.60. The van der Waals surface area contributed by atoms with E-state index in [1.54, 1.807) is 6.92 Å². The molecule has 1 atom stereocenters. The van der Waals surface area contributed by atoms with E-state index in [-0.39, 0.29) is 0 Å². The molecule has 0 radical (unpaired) electrons. The molecule has 0 bridgehead atoms. The van der Waals surface area contributed by atoms with Gasteiger partial charge in [-0.2, -0.15) is 0 Å². The summed E-state index contributed by atoms with van der Waals surface area (Å²) < 4.78 is 5.78. The number of hydrogen-bond acceptors (Lipinski definition) is 3. The first kappa shape index (κ1) is 17.0. The van der Waals surface area contributed by atoms with Crippen molar-refractivity contribution in [3.05, 3.63) is 65.7 Å². The van der Waals surface area contributed by atoms with Crippen LogP contribution in [0.25, 0.3) is 0 Å². The summed E-state index contributed by atoms with van der Waals surface area (Å²) in [5.41, 5.74) is 2.33. The molecule has 0 aliphatic rings. The second-order valence-electron chi connectivity index (χ2n) is 5.53. The lowest BCUT2D eigenvalue weighted by molar-refractivity contribution is -0.139. The normalized spacial score (nSPS) is 11.9. The van der Waals surface area contributed by atoms with E-state index in [9.17, 15) is 4.79 Å². The van der Waals surface area contributed by atoms with E-state index < -0.39 is 12.0 Å². The minimum Gasteiger partial charge on any atom is -0.494 e. The second kappa shape index (κ2) is 8.96. The fraction of sp³-hybridized carbons (Fsp3) is 0.316. The predicted octanol–water partition coefficient (Wildman–Crippen LogP) is 3.26. The third-order valence-electron chi connectivity index (χ3n) is 3.60. The van der Waals surface area contributed by atoms with Gasteiger partial charge in [0.25, 0.3) is 0 Å². The van der Waals surface area contributed by atoms with Crippen molar-refractivity contribution < 1.29 is 14.6 Å². The van der Waals surface area contributed by atoms with Gasteiger partial charge >= 0.3 is 5.97 Å². The molecular formula is C19H23NO3. The van der Waals surface area contributed by atoms with E-state index in [4.69, 9.17) is 9.84 Å². The Balaban J connectivity index is 1.75. The van der Waals surface area contributed by atoms with Gasteiger partial charge in [0.1, 0.15) is 11.8 Å². The van der Waals surface area contributed by atoms with Gasteiger partial charge in [0.2, 0.25) is 0 Å². The van der Waals surface area contributed by atoms with Gasteiger partial charge in [-0.3, -0.25) is 4.79 Å². The summed E-state index contributed by atoms with van der Waals surface area (Å²) in [6, 6.07) is 17.5. The number of aliphatic carboxylic acids is 1. The zero-order valence-corrected chi connectivity index (χ0v) is 13.4. The van der Waals surface area contributed by atoms with E-state index in [1.165, 1.54) is 5.56 Å². The molecule has 0 saturated heterocycles. The molecule has 4 nitrogen and oxygen atoms in total. The van der Waals surface area contributed by atoms with E-state index in [0.29, 0.717) is 13.2 Å². The summed E-state index contributed by atoms with van der Waals surface area (Å²) >= 11 is 0. The van der Waals surface area contributed by atoms with Crippen molar-refractivity contribution in [2.45, 2.75) is 32.4 Å². The van der Waals surface area contributed by atoms with Crippen LogP contribution in [0.15, 0.2) is 54.6 Å². The predicted molar refractivity (Wildman–Crippen MR) is 90.6 cm³/mol. The van der Waals surface area contributed by atoms with E-state index >= 15 is 0 Å². The first-order valence-corrected chi connectivity index (χ1v) is 7.87. The summed E-state index contributed by atoms with van der Waals surface area (Å²) in [5, 5.41) is 11.8. The van der Waals surface area contributed by atoms with Crippen LogP contribution < -0.4 is 10.1 Å². The maximum absolute atomic E-state index is 10.8. The molecule has 2 aromatic carbocycles. The number of benzene rings is 2. The highest BCUT2D eigenvalue weighted by Gasteiger charge is 2.09. The topological polar surface area (TPSA) is 58.6 Å². The van der Waals surface area contributed by atoms with Gasteiger partial charge in [0.05, 0.1) is 6.61 Å². The monoisotopic (exact) mass is 313 g/mol. The van der Waals surface area contributed by atoms with Gasteiger partial charge in [-0.15, -0.1) is 0 Å². The Hall–Kier alpha value is -2.33. The number of carboxylic acids is 1. The smallest absolute Gasteiger partial charge is 0.320 e. The van der Waals surface area contributed by atoms with Crippen molar-refractivity contribution in [2.24, 2.45) is 0 Å². The lowest BCUT2D eigenvalue weighted by Crippen LogP contribution is -2.33. The average Bonchev–Trinajstić information content (AvgIpc) is 2.58. The maximum Gasteiger partial charge on any atom is 0.320 e. The summed E-state index contributed by atoms with van der Waals surface area (Å²) in [6.45, 7) is 2.80. The van der Waals surface area contributed by atoms with Crippen molar-refractivity contribution in [3.8, 4) is 5.75 Å². The number of aryl methyl sites for hydroxylation is 1. The number of ether oxygens (including phenoxy) is 1. The molecule has 0 amide bonds. The summed E-state index contributed by atoms with van der Waals surface area (Å²) in [6.07, 6.45) is 1.96. The number of carbonyl (C=O) groups is 1. The van der Waals surface area contributed by atoms with E-state index in [1.807, 2.05) is 42.5 Å². The zero-order valence-electron chi connectivity index (χ0n) is 13.4. The highest BCUT2D eigenvalue weighted by atomic mass is 16.5. The van der Waals surface area contributed by atoms with Crippen molar-refractivity contribution in [3.63, 3.8) is 0 Å². The highest BCUT2D eigenvalue weighted by Crippen LogP contribution is 2.14. The minimum absolute atomic E-state index is 0.509. The highest BCUT2D eigenvalue weighted by molar-refractivity contribution is 5.72. The number of carboxylic acid groups (broad SMARTS) is 1. The fourth-order valence-electron chi connectivity index (χ4n) is 2.21. The quantitative estimate of drug-likeness (QED) is 0.698. The van der Waals surface area contributed by atoms with Crippen LogP contribution in [0.5, 0.6) is 5.75 Å². The van der Waals surface area contributed by atoms with Crippen LogP contribution in [0.2, 0.25) is 0 Å². The molecule has 0 heterocycles. The molecule has 0 aromatic heterocycles. The first-order valence-electron chi connectivity index (χ1n) is 7.87. The lowest BCUT2D eigenvalue weighted by Gasteiger charge is -2.11. The molecule has 0 aliphatic heterocycles. The molecule has 0 saturated carbocycles. The fourth-order valence-corrected chi connectivity index (χ4v) is 2.21. The van der Waals surface area contributed by atoms with Crippen LogP contribution in [-0.2, 0) is 17.8 Å². The Bertz CT molecular complexity index is 613. The van der Waals surface area contributed by atoms with E-state index in [2.05, 4.69) is 17.4 Å². The summed E-state index contributed by atoms with van der Waals surface area (Å²) in [5.74, 6) is -0.0290. The third kappa shape index (κ3) is 6.12. The number of rotatable bonds is 9. The summed E-state index contributed by atoms with van der Waals surface area (Å²) in [4.78, 5) is 10.8. The van der Waals surface area contributed by atoms with Crippen molar-refractivity contribution in [2.75, 3.05) is 6.61 Å². The van der Waals surface area contributed by atoms with E-state index in [0.717, 1.165) is 24.2 Å². The Morgan fingerprint density at radius 3 is 2.61 bits per heavy atom. The standard InChI is InChI=1S/C19H23NO3/c1-15(19(21)22)20-14-17-9-5-11-18(13-17)23-12-6-10-16-7-3-2-4-8-16/h2-5,7-9,11,13,15,20H,6,10,12,14H2,1H3,(H,21,22). The Morgan fingerprint density at radius 2 is 1.87 bits per heavy atom. The molecule has 1 unspecified atom stereocenters. The van der Waals surface area contributed by atoms with Crippen LogP contribution >= 0.6 is 0 Å². The van der Waals surface area contributed by atoms with Gasteiger partial charge in [-0.05, 0) is 43.0 Å². The van der Waals surface area contributed by atoms with Crippen molar-refractivity contribution >= 4 is 5.97 Å².